The molecule has 0 aliphatic carbocycles. The summed E-state index contributed by atoms with van der Waals surface area (Å²) in [6.45, 7) is 0. The Bertz CT molecular complexity index is 2760. The van der Waals surface area contributed by atoms with Crippen LogP contribution in [0.15, 0.2) is 189 Å². The van der Waals surface area contributed by atoms with E-state index in [0.29, 0.717) is 0 Å². The van der Waals surface area contributed by atoms with Gasteiger partial charge in [-0.05, 0) is 109 Å². The fourth-order valence-electron chi connectivity index (χ4n) is 5.80. The number of hydrogen-bond acceptors (Lipinski definition) is 18. The molecule has 10 aromatic rings. The Balaban J connectivity index is 0.000000189. The summed E-state index contributed by atoms with van der Waals surface area (Å²) in [5.41, 5.74) is 4.60. The predicted octanol–water partition coefficient (Wildman–Crippen LogP) is 1.04. The maximum absolute atomic E-state index is 8.49. The SMILES string of the molecule is [O-][Cl+3]([O-])([O-])[O-].[O-][Cl+3]([O-])([O-])[O-].[Ru+2].c1ccc(Nc2ccccn2)nc1.c1ccc(Nc2ccccn2)nc1.c1ccc(Oc2ccc(-c3nc4c5cccnc5c5ncccc5c4[nH]3)cc2)cc1. The van der Waals surface area contributed by atoms with E-state index in [-0.39, 0.29) is 19.5 Å². The second-order valence-corrected chi connectivity index (χ2v) is 14.4. The smallest absolute Gasteiger partial charge is 0.457 e. The van der Waals surface area contributed by atoms with Crippen LogP contribution in [0.4, 0.5) is 23.3 Å². The second kappa shape index (κ2) is 24.9. The Morgan fingerprint density at radius 3 is 1.18 bits per heavy atom. The van der Waals surface area contributed by atoms with Gasteiger partial charge >= 0.3 is 19.5 Å². The molecule has 0 aliphatic heterocycles. The van der Waals surface area contributed by atoms with Crippen molar-refractivity contribution >= 4 is 56.1 Å². The predicted molar refractivity (Wildman–Crippen MR) is 222 cm³/mol. The fraction of sp³-hybridized carbons (Fsp3) is 0. The van der Waals surface area contributed by atoms with E-state index in [9.17, 15) is 0 Å². The molecule has 3 N–H and O–H groups in total. The minimum atomic E-state index is -4.94. The summed E-state index contributed by atoms with van der Waals surface area (Å²) >= 11 is 0. The number of ether oxygens (including phenoxy) is 1. The maximum Gasteiger partial charge on any atom is 2.00 e. The number of rotatable bonds is 7. The van der Waals surface area contributed by atoms with Gasteiger partial charge in [-0.25, -0.2) is 62.2 Å². The Morgan fingerprint density at radius 1 is 0.388 bits per heavy atom. The first-order chi connectivity index (χ1) is 31.8. The van der Waals surface area contributed by atoms with Gasteiger partial charge < -0.3 is 20.4 Å². The van der Waals surface area contributed by atoms with Crippen molar-refractivity contribution in [3.8, 4) is 22.9 Å². The summed E-state index contributed by atoms with van der Waals surface area (Å²) < 4.78 is 73.8. The number of fused-ring (bicyclic) bond motifs is 6. The van der Waals surface area contributed by atoms with Crippen LogP contribution in [-0.4, -0.2) is 39.9 Å². The van der Waals surface area contributed by atoms with Crippen LogP contribution in [-0.2, 0) is 19.5 Å². The summed E-state index contributed by atoms with van der Waals surface area (Å²) in [4.78, 5) is 34.0. The van der Waals surface area contributed by atoms with Crippen molar-refractivity contribution in [2.75, 3.05) is 10.6 Å². The van der Waals surface area contributed by atoms with Crippen LogP contribution in [0.1, 0.15) is 0 Å². The zero-order valence-corrected chi connectivity index (χ0v) is 37.6. The molecule has 0 spiro atoms. The molecule has 0 atom stereocenters. The summed E-state index contributed by atoms with van der Waals surface area (Å²) in [6, 6.07) is 48.5. The number of nitrogens with zero attached hydrogens (tertiary/aromatic N) is 7. The van der Waals surface area contributed by atoms with Crippen LogP contribution < -0.4 is 52.6 Å². The number of pyridine rings is 6. The molecular weight excluding hydrogens is 997 g/mol. The number of aromatic amines is 1. The van der Waals surface area contributed by atoms with E-state index in [1.54, 1.807) is 37.2 Å². The Morgan fingerprint density at radius 2 is 0.761 bits per heavy atom. The van der Waals surface area contributed by atoms with Gasteiger partial charge in [0.25, 0.3) is 0 Å². The van der Waals surface area contributed by atoms with Crippen molar-refractivity contribution in [2.45, 2.75) is 0 Å². The zero-order valence-electron chi connectivity index (χ0n) is 34.3. The molecule has 22 heteroatoms. The molecule has 0 radical (unpaired) electrons. The van der Waals surface area contributed by atoms with Gasteiger partial charge in [-0.1, -0.05) is 42.5 Å². The summed E-state index contributed by atoms with van der Waals surface area (Å²) in [6.07, 6.45) is 10.6. The number of hydrogen-bond donors (Lipinski definition) is 3. The molecule has 0 aliphatic rings. The fourth-order valence-corrected chi connectivity index (χ4v) is 5.80. The number of halogens is 2. The third-order valence-electron chi connectivity index (χ3n) is 8.35. The molecule has 0 bridgehead atoms. The summed E-state index contributed by atoms with van der Waals surface area (Å²) in [5, 5.41) is 8.17. The van der Waals surface area contributed by atoms with Crippen molar-refractivity contribution in [3.05, 3.63) is 189 Å². The van der Waals surface area contributed by atoms with E-state index >= 15 is 0 Å². The van der Waals surface area contributed by atoms with E-state index in [1.165, 1.54) is 0 Å². The van der Waals surface area contributed by atoms with Gasteiger partial charge in [0.1, 0.15) is 40.6 Å². The monoisotopic (exact) mass is 1030 g/mol. The van der Waals surface area contributed by atoms with Gasteiger partial charge in [0.05, 0.1) is 22.1 Å². The Kier molecular flexibility index (Phi) is 18.9. The normalized spacial score (nSPS) is 10.6. The first-order valence-corrected chi connectivity index (χ1v) is 21.5. The largest absolute Gasteiger partial charge is 2.00 e. The molecule has 0 saturated carbocycles. The van der Waals surface area contributed by atoms with E-state index in [1.807, 2.05) is 146 Å². The maximum atomic E-state index is 8.49. The second-order valence-electron chi connectivity index (χ2n) is 12.9. The molecule has 67 heavy (non-hydrogen) atoms. The molecule has 0 saturated heterocycles. The molecule has 0 unspecified atom stereocenters. The van der Waals surface area contributed by atoms with Crippen LogP contribution in [0.3, 0.4) is 0 Å². The summed E-state index contributed by atoms with van der Waals surface area (Å²) in [5.74, 6) is 5.62. The van der Waals surface area contributed by atoms with Crippen LogP contribution in [0.25, 0.3) is 44.2 Å². The average Bonchev–Trinajstić information content (AvgIpc) is 3.77. The number of anilines is 4. The number of H-pyrrole nitrogens is 1. The van der Waals surface area contributed by atoms with Crippen LogP contribution in [0.2, 0.25) is 0 Å². The molecule has 340 valence electrons. The molecule has 7 heterocycles. The average molecular weight is 1030 g/mol. The van der Waals surface area contributed by atoms with Gasteiger partial charge in [0.2, 0.25) is 0 Å². The Hall–Kier alpha value is -7.17. The molecule has 0 amide bonds. The first kappa shape index (κ1) is 50.8. The molecule has 0 fully saturated rings. The van der Waals surface area contributed by atoms with Crippen LogP contribution in [0.5, 0.6) is 11.5 Å². The standard InChI is InChI=1S/C25H16N4O.2C10H9N3.2ClHO4.Ru/c1-2-6-17(7-3-1)30-18-12-10-16(11-13-18)25-28-23-19-8-4-14-26-21(19)22-20(24(23)29-25)9-5-15-27-22;2*1-3-7-11-9(5-1)13-10-6-2-4-8-12-10;2*2-1(3,4)5;/h1-15H,(H,28,29);2*1-8H,(H,11,12,13);2*(H,2,3,4,5);/q;;;;;+2/p-2. The number of nitrogens with one attached hydrogen (secondary N) is 3. The van der Waals surface area contributed by atoms with E-state index in [4.69, 9.17) is 47.0 Å². The quantitative estimate of drug-likeness (QED) is 0.148. The number of benzene rings is 3. The molecule has 10 rings (SSSR count). The van der Waals surface area contributed by atoms with Gasteiger partial charge in [-0.3, -0.25) is 9.97 Å². The van der Waals surface area contributed by atoms with E-state index < -0.39 is 20.5 Å². The van der Waals surface area contributed by atoms with Crippen LogP contribution >= 0.6 is 0 Å². The van der Waals surface area contributed by atoms with Crippen molar-refractivity contribution < 1.29 is 82.0 Å². The molecular formula is C45H34Cl2N10O9Ru. The number of para-hydroxylation sites is 1. The molecule has 19 nitrogen and oxygen atoms in total. The zero-order chi connectivity index (χ0) is 46.8. The van der Waals surface area contributed by atoms with Gasteiger partial charge in [0, 0.05) is 53.5 Å². The van der Waals surface area contributed by atoms with Crippen molar-refractivity contribution in [1.82, 2.24) is 39.9 Å². The third kappa shape index (κ3) is 17.3. The first-order valence-electron chi connectivity index (χ1n) is 19.0. The van der Waals surface area contributed by atoms with Crippen LogP contribution in [0, 0.1) is 20.5 Å². The van der Waals surface area contributed by atoms with E-state index in [0.717, 1.165) is 79.0 Å². The summed E-state index contributed by atoms with van der Waals surface area (Å²) in [7, 11) is -9.89. The topological polar surface area (TPSA) is 324 Å². The number of aromatic nitrogens is 8. The van der Waals surface area contributed by atoms with Gasteiger partial charge in [-0.2, -0.15) is 0 Å². The van der Waals surface area contributed by atoms with Gasteiger partial charge in [-0.15, -0.1) is 20.5 Å². The molecule has 3 aromatic carbocycles. The van der Waals surface area contributed by atoms with Crippen molar-refractivity contribution in [2.24, 2.45) is 0 Å². The van der Waals surface area contributed by atoms with Gasteiger partial charge in [0.15, 0.2) is 0 Å². The minimum absolute atomic E-state index is 0. The molecule has 7 aromatic heterocycles. The van der Waals surface area contributed by atoms with Crippen molar-refractivity contribution in [3.63, 3.8) is 0 Å². The Labute approximate surface area is 398 Å². The minimum Gasteiger partial charge on any atom is -0.457 e. The number of imidazole rings is 1. The van der Waals surface area contributed by atoms with Crippen molar-refractivity contribution in [1.29, 1.82) is 0 Å². The van der Waals surface area contributed by atoms with E-state index in [2.05, 4.69) is 51.6 Å². The third-order valence-corrected chi connectivity index (χ3v) is 8.35.